The highest BCUT2D eigenvalue weighted by atomic mass is 32.2. The van der Waals surface area contributed by atoms with Gasteiger partial charge in [-0.15, -0.1) is 11.3 Å². The Hall–Kier alpha value is -2.05. The molecule has 0 radical (unpaired) electrons. The maximum absolute atomic E-state index is 11.6. The van der Waals surface area contributed by atoms with Crippen molar-refractivity contribution in [2.24, 2.45) is 0 Å². The van der Waals surface area contributed by atoms with Crippen LogP contribution >= 0.6 is 11.3 Å². The van der Waals surface area contributed by atoms with Gasteiger partial charge in [-0.1, -0.05) is 12.1 Å². The van der Waals surface area contributed by atoms with Crippen LogP contribution in [0.3, 0.4) is 0 Å². The molecule has 6 heteroatoms. The summed E-state index contributed by atoms with van der Waals surface area (Å²) in [5.41, 5.74) is 2.83. The highest BCUT2D eigenvalue weighted by molar-refractivity contribution is 7.90. The Morgan fingerprint density at radius 1 is 0.955 bits per heavy atom. The van der Waals surface area contributed by atoms with Crippen molar-refractivity contribution in [3.63, 3.8) is 0 Å². The predicted octanol–water partition coefficient (Wildman–Crippen LogP) is 3.58. The zero-order chi connectivity index (χ0) is 15.7. The molecule has 0 spiro atoms. The van der Waals surface area contributed by atoms with Gasteiger partial charge in [0.2, 0.25) is 0 Å². The molecule has 0 aliphatic rings. The van der Waals surface area contributed by atoms with Crippen molar-refractivity contribution in [3.8, 4) is 21.7 Å². The van der Waals surface area contributed by atoms with Crippen molar-refractivity contribution in [1.29, 1.82) is 0 Å². The lowest BCUT2D eigenvalue weighted by atomic mass is 10.1. The number of benzene rings is 1. The van der Waals surface area contributed by atoms with Gasteiger partial charge in [-0.2, -0.15) is 0 Å². The minimum atomic E-state index is -3.18. The molecule has 2 aromatic heterocycles. The molecule has 0 atom stereocenters. The Balaban J connectivity index is 2.10. The van der Waals surface area contributed by atoms with E-state index in [0.717, 1.165) is 26.7 Å². The van der Waals surface area contributed by atoms with Crippen molar-refractivity contribution in [3.05, 3.63) is 53.8 Å². The fourth-order valence-corrected chi connectivity index (χ4v) is 3.76. The Morgan fingerprint density at radius 3 is 2.18 bits per heavy atom. The second-order valence-corrected chi connectivity index (χ2v) is 8.16. The van der Waals surface area contributed by atoms with Gasteiger partial charge < -0.3 is 0 Å². The van der Waals surface area contributed by atoms with E-state index in [9.17, 15) is 8.42 Å². The van der Waals surface area contributed by atoms with Crippen LogP contribution in [0, 0.1) is 6.92 Å². The van der Waals surface area contributed by atoms with Gasteiger partial charge in [0.25, 0.3) is 0 Å². The van der Waals surface area contributed by atoms with E-state index < -0.39 is 9.84 Å². The molecule has 0 saturated heterocycles. The van der Waals surface area contributed by atoms with Crippen molar-refractivity contribution in [2.75, 3.05) is 6.26 Å². The van der Waals surface area contributed by atoms with Crippen molar-refractivity contribution in [1.82, 2.24) is 9.97 Å². The number of pyridine rings is 1. The van der Waals surface area contributed by atoms with Crippen LogP contribution in [0.2, 0.25) is 0 Å². The maximum Gasteiger partial charge on any atom is 0.175 e. The summed E-state index contributed by atoms with van der Waals surface area (Å²) in [5.74, 6) is 0. The number of nitrogens with zero attached hydrogens (tertiary/aromatic N) is 2. The van der Waals surface area contributed by atoms with Crippen LogP contribution in [-0.2, 0) is 9.84 Å². The van der Waals surface area contributed by atoms with Gasteiger partial charge in [0.05, 0.1) is 20.5 Å². The molecule has 3 aromatic rings. The molecule has 0 amide bonds. The van der Waals surface area contributed by atoms with Gasteiger partial charge in [0, 0.05) is 24.2 Å². The van der Waals surface area contributed by atoms with E-state index in [2.05, 4.69) is 9.97 Å². The number of hydrogen-bond donors (Lipinski definition) is 0. The summed E-state index contributed by atoms with van der Waals surface area (Å²) >= 11 is 1.61. The summed E-state index contributed by atoms with van der Waals surface area (Å²) in [6, 6.07) is 10.7. The van der Waals surface area contributed by atoms with E-state index in [-0.39, 0.29) is 0 Å². The Kier molecular flexibility index (Phi) is 3.80. The SMILES string of the molecule is Cc1nc(-c2ccc(S(C)(=O)=O)cc2)c(-c2ccncc2)s1. The van der Waals surface area contributed by atoms with Gasteiger partial charge in [0.1, 0.15) is 0 Å². The van der Waals surface area contributed by atoms with Gasteiger partial charge in [-0.05, 0) is 36.8 Å². The van der Waals surface area contributed by atoms with E-state index in [1.807, 2.05) is 19.1 Å². The number of sulfone groups is 1. The first kappa shape index (κ1) is 14.9. The topological polar surface area (TPSA) is 59.9 Å². The smallest absolute Gasteiger partial charge is 0.175 e. The Morgan fingerprint density at radius 2 is 1.59 bits per heavy atom. The predicted molar refractivity (Wildman–Crippen MR) is 88.6 cm³/mol. The first-order chi connectivity index (χ1) is 10.4. The third-order valence-electron chi connectivity index (χ3n) is 3.23. The third kappa shape index (κ3) is 2.93. The standard InChI is InChI=1S/C16H14N2O2S2/c1-11-18-15(16(21-11)13-7-9-17-10-8-13)12-3-5-14(6-4-12)22(2,19)20/h3-10H,1-2H3. The number of hydrogen-bond acceptors (Lipinski definition) is 5. The molecule has 22 heavy (non-hydrogen) atoms. The Bertz CT molecular complexity index is 899. The van der Waals surface area contributed by atoms with Crippen LogP contribution in [0.15, 0.2) is 53.7 Å². The molecule has 1 aromatic carbocycles. The first-order valence-electron chi connectivity index (χ1n) is 6.63. The first-order valence-corrected chi connectivity index (χ1v) is 9.34. The molecular formula is C16H14N2O2S2. The van der Waals surface area contributed by atoms with Gasteiger partial charge in [0.15, 0.2) is 9.84 Å². The van der Waals surface area contributed by atoms with Crippen LogP contribution in [0.5, 0.6) is 0 Å². The van der Waals surface area contributed by atoms with E-state index in [0.29, 0.717) is 4.90 Å². The molecule has 4 nitrogen and oxygen atoms in total. The fourth-order valence-electron chi connectivity index (χ4n) is 2.18. The number of aromatic nitrogens is 2. The zero-order valence-corrected chi connectivity index (χ0v) is 13.8. The lowest BCUT2D eigenvalue weighted by molar-refractivity contribution is 0.602. The molecule has 0 bridgehead atoms. The summed E-state index contributed by atoms with van der Waals surface area (Å²) in [6.45, 7) is 1.96. The number of aryl methyl sites for hydroxylation is 1. The fraction of sp³-hybridized carbons (Fsp3) is 0.125. The van der Waals surface area contributed by atoms with Crippen LogP contribution < -0.4 is 0 Å². The van der Waals surface area contributed by atoms with E-state index in [1.54, 1.807) is 48.0 Å². The van der Waals surface area contributed by atoms with Crippen LogP contribution in [-0.4, -0.2) is 24.6 Å². The molecule has 2 heterocycles. The van der Waals surface area contributed by atoms with Gasteiger partial charge in [-0.25, -0.2) is 13.4 Å². The molecule has 0 aliphatic carbocycles. The van der Waals surface area contributed by atoms with Crippen molar-refractivity contribution < 1.29 is 8.42 Å². The van der Waals surface area contributed by atoms with Crippen molar-refractivity contribution in [2.45, 2.75) is 11.8 Å². The average molecular weight is 330 g/mol. The molecule has 3 rings (SSSR count). The minimum absolute atomic E-state index is 0.314. The summed E-state index contributed by atoms with van der Waals surface area (Å²) in [6.07, 6.45) is 4.71. The summed E-state index contributed by atoms with van der Waals surface area (Å²) in [5, 5.41) is 0.967. The number of thiazole rings is 1. The second-order valence-electron chi connectivity index (χ2n) is 4.94. The van der Waals surface area contributed by atoms with Crippen molar-refractivity contribution >= 4 is 21.2 Å². The second kappa shape index (κ2) is 5.62. The Labute approximate surface area is 133 Å². The zero-order valence-electron chi connectivity index (χ0n) is 12.1. The van der Waals surface area contributed by atoms with Gasteiger partial charge >= 0.3 is 0 Å². The van der Waals surface area contributed by atoms with Crippen LogP contribution in [0.1, 0.15) is 5.01 Å². The normalized spacial score (nSPS) is 11.5. The van der Waals surface area contributed by atoms with Gasteiger partial charge in [-0.3, -0.25) is 4.98 Å². The highest BCUT2D eigenvalue weighted by Crippen LogP contribution is 2.36. The van der Waals surface area contributed by atoms with Crippen LogP contribution in [0.4, 0.5) is 0 Å². The average Bonchev–Trinajstić information content (AvgIpc) is 2.89. The monoisotopic (exact) mass is 330 g/mol. The summed E-state index contributed by atoms with van der Waals surface area (Å²) < 4.78 is 23.1. The molecule has 112 valence electrons. The lowest BCUT2D eigenvalue weighted by Crippen LogP contribution is -1.96. The van der Waals surface area contributed by atoms with Crippen LogP contribution in [0.25, 0.3) is 21.7 Å². The third-order valence-corrected chi connectivity index (χ3v) is 5.38. The van der Waals surface area contributed by atoms with E-state index in [4.69, 9.17) is 0 Å². The molecular weight excluding hydrogens is 316 g/mol. The highest BCUT2D eigenvalue weighted by Gasteiger charge is 2.14. The largest absolute Gasteiger partial charge is 0.265 e. The molecule has 0 saturated carbocycles. The number of rotatable bonds is 3. The summed E-state index contributed by atoms with van der Waals surface area (Å²) in [4.78, 5) is 10.0. The maximum atomic E-state index is 11.6. The molecule has 0 fully saturated rings. The quantitative estimate of drug-likeness (QED) is 0.736. The van der Waals surface area contributed by atoms with E-state index >= 15 is 0 Å². The molecule has 0 N–H and O–H groups in total. The molecule has 0 unspecified atom stereocenters. The lowest BCUT2D eigenvalue weighted by Gasteiger charge is -2.04. The molecule has 0 aliphatic heterocycles. The minimum Gasteiger partial charge on any atom is -0.265 e. The summed E-state index contributed by atoms with van der Waals surface area (Å²) in [7, 11) is -3.18. The van der Waals surface area contributed by atoms with E-state index in [1.165, 1.54) is 6.26 Å².